The maximum absolute atomic E-state index is 12.2. The Balaban J connectivity index is 1.68. The van der Waals surface area contributed by atoms with Gasteiger partial charge < -0.3 is 9.84 Å². The lowest BCUT2D eigenvalue weighted by Gasteiger charge is -2.09. The zero-order chi connectivity index (χ0) is 21.8. The molecule has 2 amide bonds. The van der Waals surface area contributed by atoms with Crippen molar-refractivity contribution < 1.29 is 29.2 Å². The van der Waals surface area contributed by atoms with Gasteiger partial charge in [-0.15, -0.1) is 0 Å². The predicted molar refractivity (Wildman–Crippen MR) is 117 cm³/mol. The van der Waals surface area contributed by atoms with Gasteiger partial charge in [0.1, 0.15) is 18.9 Å². The molecule has 2 aromatic rings. The van der Waals surface area contributed by atoms with Crippen LogP contribution in [0.4, 0.5) is 10.5 Å². The van der Waals surface area contributed by atoms with Crippen LogP contribution < -0.4 is 4.74 Å². The normalized spacial score (nSPS) is 15.0. The molecule has 1 saturated heterocycles. The molecule has 0 saturated carbocycles. The van der Waals surface area contributed by atoms with Gasteiger partial charge in [0, 0.05) is 12.1 Å². The molecule has 1 fully saturated rings. The molecule has 30 heavy (non-hydrogen) atoms. The Morgan fingerprint density at radius 3 is 2.53 bits per heavy atom. The van der Waals surface area contributed by atoms with Gasteiger partial charge in [0.05, 0.1) is 13.4 Å². The van der Waals surface area contributed by atoms with Gasteiger partial charge >= 0.3 is 5.97 Å². The Labute approximate surface area is 188 Å². The van der Waals surface area contributed by atoms with Crippen molar-refractivity contribution in [2.24, 2.45) is 0 Å². The number of halogens is 1. The molecule has 0 unspecified atom stereocenters. The molecule has 11 heteroatoms. The van der Waals surface area contributed by atoms with Crippen LogP contribution in [0.3, 0.4) is 0 Å². The Morgan fingerprint density at radius 1 is 1.23 bits per heavy atom. The highest BCUT2D eigenvalue weighted by atomic mass is 127. The molecule has 9 nitrogen and oxygen atoms in total. The van der Waals surface area contributed by atoms with Crippen LogP contribution in [0.5, 0.6) is 5.75 Å². The smallest absolute Gasteiger partial charge is 0.323 e. The summed E-state index contributed by atoms with van der Waals surface area (Å²) >= 11 is 2.76. The second-order valence-corrected chi connectivity index (χ2v) is 8.22. The number of imide groups is 1. The number of hydrogen-bond donors (Lipinski definition) is 1. The lowest BCUT2D eigenvalue weighted by molar-refractivity contribution is -0.384. The van der Waals surface area contributed by atoms with Crippen LogP contribution in [0.1, 0.15) is 11.1 Å². The van der Waals surface area contributed by atoms with E-state index < -0.39 is 28.6 Å². The monoisotopic (exact) mass is 540 g/mol. The van der Waals surface area contributed by atoms with Gasteiger partial charge in [-0.05, 0) is 75.8 Å². The number of nitro benzene ring substituents is 1. The largest absolute Gasteiger partial charge is 0.488 e. The average molecular weight is 540 g/mol. The number of amides is 2. The van der Waals surface area contributed by atoms with Crippen molar-refractivity contribution in [3.63, 3.8) is 0 Å². The maximum atomic E-state index is 12.2. The second-order valence-electron chi connectivity index (χ2n) is 6.06. The lowest BCUT2D eigenvalue weighted by atomic mass is 10.2. The van der Waals surface area contributed by atoms with Gasteiger partial charge in [0.15, 0.2) is 0 Å². The van der Waals surface area contributed by atoms with Crippen molar-refractivity contribution in [3.05, 3.63) is 72.2 Å². The summed E-state index contributed by atoms with van der Waals surface area (Å²) in [7, 11) is 0. The van der Waals surface area contributed by atoms with E-state index in [1.54, 1.807) is 30.3 Å². The zero-order valence-corrected chi connectivity index (χ0v) is 18.1. The number of nitrogens with zero attached hydrogens (tertiary/aromatic N) is 2. The number of carbonyl (C=O) groups is 3. The summed E-state index contributed by atoms with van der Waals surface area (Å²) < 4.78 is 6.51. The van der Waals surface area contributed by atoms with Crippen LogP contribution in [0.15, 0.2) is 47.4 Å². The van der Waals surface area contributed by atoms with Crippen molar-refractivity contribution in [3.8, 4) is 5.75 Å². The number of aliphatic carboxylic acids is 1. The Morgan fingerprint density at radius 2 is 1.93 bits per heavy atom. The van der Waals surface area contributed by atoms with E-state index in [2.05, 4.69) is 22.6 Å². The first-order valence-electron chi connectivity index (χ1n) is 8.37. The molecule has 1 heterocycles. The Kier molecular flexibility index (Phi) is 6.72. The molecule has 1 aliphatic heterocycles. The highest BCUT2D eigenvalue weighted by Crippen LogP contribution is 2.33. The molecule has 1 N–H and O–H groups in total. The summed E-state index contributed by atoms with van der Waals surface area (Å²) in [6.45, 7) is -0.448. The second kappa shape index (κ2) is 9.26. The first-order valence-corrected chi connectivity index (χ1v) is 10.3. The molecule has 0 atom stereocenters. The third-order valence-corrected chi connectivity index (χ3v) is 5.71. The van der Waals surface area contributed by atoms with E-state index in [1.807, 2.05) is 0 Å². The summed E-state index contributed by atoms with van der Waals surface area (Å²) in [6.07, 6.45) is 1.52. The summed E-state index contributed by atoms with van der Waals surface area (Å²) in [5.74, 6) is -1.31. The highest BCUT2D eigenvalue weighted by molar-refractivity contribution is 14.1. The van der Waals surface area contributed by atoms with Gasteiger partial charge in [0.25, 0.3) is 16.8 Å². The van der Waals surface area contributed by atoms with Crippen LogP contribution in [0.2, 0.25) is 0 Å². The van der Waals surface area contributed by atoms with Crippen molar-refractivity contribution in [2.45, 2.75) is 6.61 Å². The van der Waals surface area contributed by atoms with E-state index >= 15 is 0 Å². The van der Waals surface area contributed by atoms with Gasteiger partial charge in [-0.25, -0.2) is 0 Å². The van der Waals surface area contributed by atoms with Crippen LogP contribution in [0.25, 0.3) is 6.08 Å². The standard InChI is InChI=1S/C19H13IN2O7S/c20-14-7-12(8-16-18(25)21(9-17(23)24)19(26)30-16)3-6-15(14)29-10-11-1-4-13(5-2-11)22(27)28/h1-8H,9-10H2,(H,23,24)/b16-8+. The number of carboxylic acid groups (broad SMARTS) is 1. The van der Waals surface area contributed by atoms with E-state index in [1.165, 1.54) is 18.2 Å². The molecule has 0 spiro atoms. The van der Waals surface area contributed by atoms with Crippen LogP contribution in [-0.4, -0.2) is 38.6 Å². The predicted octanol–water partition coefficient (Wildman–Crippen LogP) is 3.90. The summed E-state index contributed by atoms with van der Waals surface area (Å²) in [6, 6.07) is 11.2. The number of non-ortho nitro benzene ring substituents is 1. The number of rotatable bonds is 7. The lowest BCUT2D eigenvalue weighted by Crippen LogP contribution is -2.33. The van der Waals surface area contributed by atoms with E-state index in [0.717, 1.165) is 9.13 Å². The third kappa shape index (κ3) is 5.16. The molecular formula is C19H13IN2O7S. The van der Waals surface area contributed by atoms with E-state index in [0.29, 0.717) is 28.0 Å². The number of ether oxygens (including phenoxy) is 1. The van der Waals surface area contributed by atoms with Gasteiger partial charge in [-0.1, -0.05) is 6.07 Å². The third-order valence-electron chi connectivity index (χ3n) is 3.96. The quantitative estimate of drug-likeness (QED) is 0.243. The molecular weight excluding hydrogens is 527 g/mol. The Bertz CT molecular complexity index is 1070. The molecule has 2 aromatic carbocycles. The summed E-state index contributed by atoms with van der Waals surface area (Å²) in [5, 5.41) is 18.9. The van der Waals surface area contributed by atoms with Crippen molar-refractivity contribution in [1.29, 1.82) is 0 Å². The molecule has 3 rings (SSSR count). The molecule has 0 radical (unpaired) electrons. The van der Waals surface area contributed by atoms with Gasteiger partial charge in [-0.2, -0.15) is 0 Å². The van der Waals surface area contributed by atoms with Crippen LogP contribution in [0, 0.1) is 13.7 Å². The van der Waals surface area contributed by atoms with Gasteiger partial charge in [-0.3, -0.25) is 29.4 Å². The van der Waals surface area contributed by atoms with E-state index in [9.17, 15) is 24.5 Å². The fraction of sp³-hybridized carbons (Fsp3) is 0.105. The number of hydrogen-bond acceptors (Lipinski definition) is 7. The minimum atomic E-state index is -1.26. The number of carbonyl (C=O) groups excluding carboxylic acids is 2. The fourth-order valence-corrected chi connectivity index (χ4v) is 4.06. The SMILES string of the molecule is O=C(O)CN1C(=O)S/C(=C/c2ccc(OCc3ccc([N+](=O)[O-])cc3)c(I)c2)C1=O. The average Bonchev–Trinajstić information content (AvgIpc) is 2.94. The van der Waals surface area contributed by atoms with Crippen LogP contribution in [-0.2, 0) is 16.2 Å². The minimum absolute atomic E-state index is 0.00505. The Hall–Kier alpha value is -2.93. The molecule has 0 bridgehead atoms. The maximum Gasteiger partial charge on any atom is 0.323 e. The van der Waals surface area contributed by atoms with Crippen molar-refractivity contribution >= 4 is 63.2 Å². The number of thioether (sulfide) groups is 1. The topological polar surface area (TPSA) is 127 Å². The minimum Gasteiger partial charge on any atom is -0.488 e. The summed E-state index contributed by atoms with van der Waals surface area (Å²) in [4.78, 5) is 45.9. The zero-order valence-electron chi connectivity index (χ0n) is 15.1. The fourth-order valence-electron chi connectivity index (χ4n) is 2.52. The number of benzene rings is 2. The van der Waals surface area contributed by atoms with Crippen LogP contribution >= 0.6 is 34.4 Å². The molecule has 0 aromatic heterocycles. The van der Waals surface area contributed by atoms with Crippen molar-refractivity contribution in [1.82, 2.24) is 4.90 Å². The summed E-state index contributed by atoms with van der Waals surface area (Å²) in [5.41, 5.74) is 1.43. The van der Waals surface area contributed by atoms with Gasteiger partial charge in [0.2, 0.25) is 0 Å². The molecule has 1 aliphatic rings. The first kappa shape index (κ1) is 21.8. The molecule has 0 aliphatic carbocycles. The first-order chi connectivity index (χ1) is 14.2. The number of carboxylic acids is 1. The highest BCUT2D eigenvalue weighted by Gasteiger charge is 2.36. The van der Waals surface area contributed by atoms with E-state index in [4.69, 9.17) is 9.84 Å². The molecule has 154 valence electrons. The van der Waals surface area contributed by atoms with Crippen molar-refractivity contribution in [2.75, 3.05) is 6.54 Å². The van der Waals surface area contributed by atoms with E-state index in [-0.39, 0.29) is 17.2 Å². The number of nitro groups is 1.